The Balaban J connectivity index is 1.65. The van der Waals surface area contributed by atoms with Gasteiger partial charge in [-0.15, -0.1) is 0 Å². The molecule has 6 nitrogen and oxygen atoms in total. The van der Waals surface area contributed by atoms with Gasteiger partial charge in [-0.25, -0.2) is 4.79 Å². The second-order valence-corrected chi connectivity index (χ2v) is 5.70. The third kappa shape index (κ3) is 6.29. The van der Waals surface area contributed by atoms with Crippen LogP contribution in [0.15, 0.2) is 48.5 Å². The number of nitrogens with one attached hydrogen (secondary N) is 1. The lowest BCUT2D eigenvalue weighted by molar-refractivity contribution is -0.150. The molecule has 0 spiro atoms. The minimum atomic E-state index is -0.648. The number of rotatable bonds is 9. The Morgan fingerprint density at radius 3 is 2.42 bits per heavy atom. The van der Waals surface area contributed by atoms with E-state index in [-0.39, 0.29) is 19.1 Å². The van der Waals surface area contributed by atoms with E-state index < -0.39 is 5.97 Å². The second kappa shape index (κ2) is 10.3. The first kappa shape index (κ1) is 19.6. The quantitative estimate of drug-likeness (QED) is 0.680. The summed E-state index contributed by atoms with van der Waals surface area (Å²) < 4.78 is 15.4. The van der Waals surface area contributed by atoms with Crippen molar-refractivity contribution >= 4 is 23.5 Å². The Hall–Kier alpha value is -2.73. The first-order valence-electron chi connectivity index (χ1n) is 8.01. The first-order chi connectivity index (χ1) is 12.6. The van der Waals surface area contributed by atoms with Crippen molar-refractivity contribution < 1.29 is 23.8 Å². The largest absolute Gasteiger partial charge is 0.496 e. The summed E-state index contributed by atoms with van der Waals surface area (Å²) in [5.41, 5.74) is 0.987. The zero-order chi connectivity index (χ0) is 18.8. The second-order valence-electron chi connectivity index (χ2n) is 5.29. The van der Waals surface area contributed by atoms with Crippen molar-refractivity contribution in [2.75, 3.05) is 26.9 Å². The number of para-hydroxylation sites is 2. The van der Waals surface area contributed by atoms with Gasteiger partial charge in [0.05, 0.1) is 12.1 Å². The van der Waals surface area contributed by atoms with Gasteiger partial charge in [0.1, 0.15) is 11.5 Å². The number of hydrogen-bond donors (Lipinski definition) is 1. The molecule has 26 heavy (non-hydrogen) atoms. The highest BCUT2D eigenvalue weighted by atomic mass is 35.5. The summed E-state index contributed by atoms with van der Waals surface area (Å²) in [4.78, 5) is 23.4. The maximum atomic E-state index is 11.7. The fraction of sp³-hybridized carbons (Fsp3) is 0.263. The molecule has 0 aromatic heterocycles. The van der Waals surface area contributed by atoms with Gasteiger partial charge in [-0.1, -0.05) is 41.9 Å². The minimum absolute atomic E-state index is 0.321. The van der Waals surface area contributed by atoms with Gasteiger partial charge < -0.3 is 19.5 Å². The molecule has 2 rings (SSSR count). The summed E-state index contributed by atoms with van der Waals surface area (Å²) >= 11 is 5.91. The number of methoxy groups -OCH3 is 1. The molecule has 0 fully saturated rings. The van der Waals surface area contributed by atoms with E-state index in [2.05, 4.69) is 5.32 Å². The lowest BCUT2D eigenvalue weighted by Gasteiger charge is -2.10. The van der Waals surface area contributed by atoms with Gasteiger partial charge in [-0.2, -0.15) is 0 Å². The van der Waals surface area contributed by atoms with E-state index in [9.17, 15) is 9.59 Å². The number of amides is 1. The van der Waals surface area contributed by atoms with Crippen LogP contribution in [-0.4, -0.2) is 38.7 Å². The normalized spacial score (nSPS) is 10.1. The van der Waals surface area contributed by atoms with Crippen molar-refractivity contribution in [3.8, 4) is 11.5 Å². The van der Waals surface area contributed by atoms with Crippen LogP contribution in [0, 0.1) is 0 Å². The number of ether oxygens (including phenoxy) is 3. The first-order valence-corrected chi connectivity index (χ1v) is 8.39. The highest BCUT2D eigenvalue weighted by Gasteiger charge is 2.10. The van der Waals surface area contributed by atoms with Crippen molar-refractivity contribution in [2.45, 2.75) is 6.42 Å². The van der Waals surface area contributed by atoms with Crippen molar-refractivity contribution in [2.24, 2.45) is 0 Å². The summed E-state index contributed by atoms with van der Waals surface area (Å²) in [6, 6.07) is 14.3. The predicted octanol–water partition coefficient (Wildman–Crippen LogP) is 2.63. The number of carbonyl (C=O) groups is 2. The number of halogens is 1. The Bertz CT molecular complexity index is 750. The summed E-state index contributed by atoms with van der Waals surface area (Å²) in [6.07, 6.45) is 0.610. The number of carbonyl (C=O) groups excluding carboxylic acids is 2. The standard InChI is InChI=1S/C19H20ClNO5/c1-24-16-8-4-2-6-14(16)10-11-21-18(22)12-26-19(23)13-25-17-9-5-3-7-15(17)20/h2-9H,10-13H2,1H3,(H,21,22). The van der Waals surface area contributed by atoms with Crippen LogP contribution < -0.4 is 14.8 Å². The molecule has 2 aromatic carbocycles. The average Bonchev–Trinajstić information content (AvgIpc) is 2.66. The van der Waals surface area contributed by atoms with Gasteiger partial charge in [0, 0.05) is 6.54 Å². The van der Waals surface area contributed by atoms with Crippen molar-refractivity contribution in [1.82, 2.24) is 5.32 Å². The van der Waals surface area contributed by atoms with Crippen LogP contribution in [0.25, 0.3) is 0 Å². The zero-order valence-corrected chi connectivity index (χ0v) is 15.1. The van der Waals surface area contributed by atoms with E-state index in [0.29, 0.717) is 23.7 Å². The molecule has 0 heterocycles. The van der Waals surface area contributed by atoms with E-state index in [1.807, 2.05) is 24.3 Å². The van der Waals surface area contributed by atoms with Crippen LogP contribution >= 0.6 is 11.6 Å². The molecule has 0 saturated carbocycles. The molecule has 0 radical (unpaired) electrons. The molecule has 2 aromatic rings. The molecule has 138 valence electrons. The van der Waals surface area contributed by atoms with E-state index in [0.717, 1.165) is 11.3 Å². The van der Waals surface area contributed by atoms with Gasteiger partial charge >= 0.3 is 5.97 Å². The van der Waals surface area contributed by atoms with E-state index in [1.165, 1.54) is 0 Å². The summed E-state index contributed by atoms with van der Waals surface area (Å²) in [5, 5.41) is 3.08. The van der Waals surface area contributed by atoms with Gasteiger partial charge in [0.15, 0.2) is 13.2 Å². The molecule has 0 atom stereocenters. The minimum Gasteiger partial charge on any atom is -0.496 e. The lowest BCUT2D eigenvalue weighted by atomic mass is 10.1. The van der Waals surface area contributed by atoms with Crippen molar-refractivity contribution in [1.29, 1.82) is 0 Å². The summed E-state index contributed by atoms with van der Waals surface area (Å²) in [6.45, 7) is -0.276. The van der Waals surface area contributed by atoms with Crippen LogP contribution in [0.4, 0.5) is 0 Å². The van der Waals surface area contributed by atoms with Crippen molar-refractivity contribution in [3.05, 3.63) is 59.1 Å². The average molecular weight is 378 g/mol. The van der Waals surface area contributed by atoms with Crippen molar-refractivity contribution in [3.63, 3.8) is 0 Å². The fourth-order valence-corrected chi connectivity index (χ4v) is 2.37. The van der Waals surface area contributed by atoms with Crippen LogP contribution in [0.1, 0.15) is 5.56 Å². The monoisotopic (exact) mass is 377 g/mol. The maximum Gasteiger partial charge on any atom is 0.344 e. The van der Waals surface area contributed by atoms with Crippen LogP contribution in [0.2, 0.25) is 5.02 Å². The molecular weight excluding hydrogens is 358 g/mol. The van der Waals surface area contributed by atoms with Gasteiger partial charge in [-0.05, 0) is 30.2 Å². The van der Waals surface area contributed by atoms with Gasteiger partial charge in [0.2, 0.25) is 0 Å². The molecular formula is C19H20ClNO5. The lowest BCUT2D eigenvalue weighted by Crippen LogP contribution is -2.31. The molecule has 0 saturated heterocycles. The SMILES string of the molecule is COc1ccccc1CCNC(=O)COC(=O)COc1ccccc1Cl. The predicted molar refractivity (Wildman–Crippen MR) is 97.6 cm³/mol. The smallest absolute Gasteiger partial charge is 0.344 e. The molecule has 7 heteroatoms. The number of benzene rings is 2. The molecule has 0 aliphatic carbocycles. The molecule has 0 unspecified atom stereocenters. The molecule has 0 aliphatic rings. The highest BCUT2D eigenvalue weighted by molar-refractivity contribution is 6.32. The highest BCUT2D eigenvalue weighted by Crippen LogP contribution is 2.22. The maximum absolute atomic E-state index is 11.7. The number of hydrogen-bond acceptors (Lipinski definition) is 5. The summed E-state index contributed by atoms with van der Waals surface area (Å²) in [7, 11) is 1.60. The topological polar surface area (TPSA) is 73.9 Å². The third-order valence-electron chi connectivity index (χ3n) is 3.46. The molecule has 0 bridgehead atoms. The van der Waals surface area contributed by atoms with E-state index in [4.69, 9.17) is 25.8 Å². The van der Waals surface area contributed by atoms with E-state index >= 15 is 0 Å². The van der Waals surface area contributed by atoms with Crippen LogP contribution in [-0.2, 0) is 20.7 Å². The summed E-state index contributed by atoms with van der Waals surface area (Å²) in [5.74, 6) is 0.119. The zero-order valence-electron chi connectivity index (χ0n) is 14.4. The van der Waals surface area contributed by atoms with Gasteiger partial charge in [0.25, 0.3) is 5.91 Å². The Morgan fingerprint density at radius 2 is 1.69 bits per heavy atom. The fourth-order valence-electron chi connectivity index (χ4n) is 2.18. The Labute approximate surface area is 157 Å². The number of esters is 1. The molecule has 1 amide bonds. The van der Waals surface area contributed by atoms with Crippen LogP contribution in [0.3, 0.4) is 0 Å². The third-order valence-corrected chi connectivity index (χ3v) is 3.77. The Morgan fingerprint density at radius 1 is 1.00 bits per heavy atom. The Kier molecular flexibility index (Phi) is 7.76. The van der Waals surface area contributed by atoms with Crippen LogP contribution in [0.5, 0.6) is 11.5 Å². The molecule has 1 N–H and O–H groups in total. The van der Waals surface area contributed by atoms with E-state index in [1.54, 1.807) is 31.4 Å². The van der Waals surface area contributed by atoms with Gasteiger partial charge in [-0.3, -0.25) is 4.79 Å². The molecule has 0 aliphatic heterocycles.